The lowest BCUT2D eigenvalue weighted by atomic mass is 10.4. The maximum absolute atomic E-state index is 10.5. The number of carbonyl (C=O) groups is 1. The highest BCUT2D eigenvalue weighted by Gasteiger charge is 1.96. The van der Waals surface area contributed by atoms with E-state index in [1.165, 1.54) is 7.11 Å². The molecule has 0 aromatic carbocycles. The fourth-order valence-electron chi connectivity index (χ4n) is 0.636. The number of rotatable bonds is 5. The zero-order chi connectivity index (χ0) is 9.40. The number of carbonyl (C=O) groups excluding carboxylic acids is 1. The Bertz CT molecular complexity index is 128. The molecule has 0 aromatic heterocycles. The standard InChI is InChI=1S/C7H16N2O3/c1-6(10)5-8-3-4-9-7(11)12-2/h6,8,10H,3-5H2,1-2H3,(H,9,11). The molecule has 0 rings (SSSR count). The van der Waals surface area contributed by atoms with Gasteiger partial charge in [-0.15, -0.1) is 0 Å². The van der Waals surface area contributed by atoms with Gasteiger partial charge in [0.25, 0.3) is 0 Å². The SMILES string of the molecule is COC(=O)NCCNCC(C)O. The first-order chi connectivity index (χ1) is 5.66. The molecule has 0 aliphatic carbocycles. The van der Waals surface area contributed by atoms with Gasteiger partial charge in [-0.05, 0) is 6.92 Å². The summed E-state index contributed by atoms with van der Waals surface area (Å²) in [5, 5.41) is 14.3. The number of ether oxygens (including phenoxy) is 1. The summed E-state index contributed by atoms with van der Waals surface area (Å²) in [6, 6.07) is 0. The van der Waals surface area contributed by atoms with Crippen LogP contribution in [-0.2, 0) is 4.74 Å². The first-order valence-corrected chi connectivity index (χ1v) is 3.87. The Balaban J connectivity index is 3.05. The quantitative estimate of drug-likeness (QED) is 0.485. The molecule has 1 unspecified atom stereocenters. The lowest BCUT2D eigenvalue weighted by molar-refractivity contribution is 0.170. The molecule has 72 valence electrons. The predicted octanol–water partition coefficient (Wildman–Crippen LogP) is -0.687. The molecule has 5 nitrogen and oxygen atoms in total. The molecule has 0 aliphatic heterocycles. The lowest BCUT2D eigenvalue weighted by Gasteiger charge is -2.06. The first-order valence-electron chi connectivity index (χ1n) is 3.87. The number of nitrogens with one attached hydrogen (secondary N) is 2. The second-order valence-electron chi connectivity index (χ2n) is 2.47. The summed E-state index contributed by atoms with van der Waals surface area (Å²) >= 11 is 0. The number of methoxy groups -OCH3 is 1. The topological polar surface area (TPSA) is 70.6 Å². The summed E-state index contributed by atoms with van der Waals surface area (Å²) < 4.78 is 4.35. The largest absolute Gasteiger partial charge is 0.453 e. The highest BCUT2D eigenvalue weighted by atomic mass is 16.5. The van der Waals surface area contributed by atoms with E-state index in [9.17, 15) is 4.79 Å². The van der Waals surface area contributed by atoms with Gasteiger partial charge in [0.2, 0.25) is 0 Å². The molecule has 0 radical (unpaired) electrons. The predicted molar refractivity (Wildman–Crippen MR) is 45.0 cm³/mol. The van der Waals surface area contributed by atoms with Crippen LogP contribution in [0, 0.1) is 0 Å². The molecule has 0 fully saturated rings. The van der Waals surface area contributed by atoms with E-state index in [1.54, 1.807) is 6.92 Å². The van der Waals surface area contributed by atoms with Crippen molar-refractivity contribution in [2.45, 2.75) is 13.0 Å². The van der Waals surface area contributed by atoms with Crippen LogP contribution in [0.25, 0.3) is 0 Å². The number of hydrogen-bond acceptors (Lipinski definition) is 4. The van der Waals surface area contributed by atoms with Crippen molar-refractivity contribution >= 4 is 6.09 Å². The first kappa shape index (κ1) is 11.2. The average molecular weight is 176 g/mol. The van der Waals surface area contributed by atoms with Crippen LogP contribution in [-0.4, -0.2) is 44.0 Å². The van der Waals surface area contributed by atoms with E-state index >= 15 is 0 Å². The summed E-state index contributed by atoms with van der Waals surface area (Å²) in [6.45, 7) is 3.35. The molecule has 5 heteroatoms. The third-order valence-electron chi connectivity index (χ3n) is 1.20. The number of aliphatic hydroxyl groups excluding tert-OH is 1. The summed E-state index contributed by atoms with van der Waals surface area (Å²) in [4.78, 5) is 10.5. The van der Waals surface area contributed by atoms with Gasteiger partial charge in [0.15, 0.2) is 0 Å². The summed E-state index contributed by atoms with van der Waals surface area (Å²) in [7, 11) is 1.32. The van der Waals surface area contributed by atoms with Crippen LogP contribution < -0.4 is 10.6 Å². The Morgan fingerprint density at radius 3 is 2.75 bits per heavy atom. The van der Waals surface area contributed by atoms with Gasteiger partial charge in [0, 0.05) is 19.6 Å². The summed E-state index contributed by atoms with van der Waals surface area (Å²) in [6.07, 6.45) is -0.794. The smallest absolute Gasteiger partial charge is 0.406 e. The van der Waals surface area contributed by atoms with Gasteiger partial charge in [-0.3, -0.25) is 0 Å². The Morgan fingerprint density at radius 2 is 2.25 bits per heavy atom. The van der Waals surface area contributed by atoms with E-state index in [1.807, 2.05) is 0 Å². The average Bonchev–Trinajstić information content (AvgIpc) is 2.03. The lowest BCUT2D eigenvalue weighted by Crippen LogP contribution is -2.34. The fraction of sp³-hybridized carbons (Fsp3) is 0.857. The molecule has 0 aliphatic rings. The number of alkyl carbamates (subject to hydrolysis) is 1. The second-order valence-corrected chi connectivity index (χ2v) is 2.47. The monoisotopic (exact) mass is 176 g/mol. The van der Waals surface area contributed by atoms with Crippen LogP contribution in [0.3, 0.4) is 0 Å². The van der Waals surface area contributed by atoms with E-state index in [-0.39, 0.29) is 6.10 Å². The molecular weight excluding hydrogens is 160 g/mol. The zero-order valence-electron chi connectivity index (χ0n) is 7.46. The van der Waals surface area contributed by atoms with Gasteiger partial charge < -0.3 is 20.5 Å². The molecule has 3 N–H and O–H groups in total. The molecule has 0 saturated heterocycles. The van der Waals surface area contributed by atoms with Crippen molar-refractivity contribution in [1.82, 2.24) is 10.6 Å². The van der Waals surface area contributed by atoms with Gasteiger partial charge in [-0.25, -0.2) is 4.79 Å². The zero-order valence-corrected chi connectivity index (χ0v) is 7.46. The molecule has 0 bridgehead atoms. The maximum atomic E-state index is 10.5. The molecule has 1 amide bonds. The summed E-state index contributed by atoms with van der Waals surface area (Å²) in [5.41, 5.74) is 0. The van der Waals surface area contributed by atoms with E-state index < -0.39 is 6.09 Å². The minimum Gasteiger partial charge on any atom is -0.453 e. The molecular formula is C7H16N2O3. The van der Waals surface area contributed by atoms with Crippen molar-refractivity contribution in [2.24, 2.45) is 0 Å². The van der Waals surface area contributed by atoms with Crippen LogP contribution in [0.2, 0.25) is 0 Å². The highest BCUT2D eigenvalue weighted by Crippen LogP contribution is 1.73. The Kier molecular flexibility index (Phi) is 6.41. The Labute approximate surface area is 72.1 Å². The maximum Gasteiger partial charge on any atom is 0.406 e. The van der Waals surface area contributed by atoms with Crippen molar-refractivity contribution < 1.29 is 14.6 Å². The van der Waals surface area contributed by atoms with Gasteiger partial charge in [0.1, 0.15) is 0 Å². The third kappa shape index (κ3) is 7.30. The van der Waals surface area contributed by atoms with Crippen molar-refractivity contribution in [2.75, 3.05) is 26.7 Å². The van der Waals surface area contributed by atoms with E-state index in [0.717, 1.165) is 0 Å². The number of aliphatic hydroxyl groups is 1. The Hall–Kier alpha value is -0.810. The van der Waals surface area contributed by atoms with Gasteiger partial charge in [-0.1, -0.05) is 0 Å². The molecule has 0 aromatic rings. The van der Waals surface area contributed by atoms with Crippen LogP contribution in [0.4, 0.5) is 4.79 Å². The minimum absolute atomic E-state index is 0.358. The fourth-order valence-corrected chi connectivity index (χ4v) is 0.636. The van der Waals surface area contributed by atoms with Crippen LogP contribution in [0.5, 0.6) is 0 Å². The third-order valence-corrected chi connectivity index (χ3v) is 1.20. The number of hydrogen-bond donors (Lipinski definition) is 3. The van der Waals surface area contributed by atoms with Gasteiger partial charge >= 0.3 is 6.09 Å². The van der Waals surface area contributed by atoms with Gasteiger partial charge in [-0.2, -0.15) is 0 Å². The normalized spacial score (nSPS) is 12.2. The van der Waals surface area contributed by atoms with E-state index in [4.69, 9.17) is 5.11 Å². The van der Waals surface area contributed by atoms with Gasteiger partial charge in [0.05, 0.1) is 13.2 Å². The van der Waals surface area contributed by atoms with Crippen LogP contribution in [0.1, 0.15) is 6.92 Å². The Morgan fingerprint density at radius 1 is 1.58 bits per heavy atom. The van der Waals surface area contributed by atoms with Crippen molar-refractivity contribution in [3.8, 4) is 0 Å². The van der Waals surface area contributed by atoms with Crippen LogP contribution >= 0.6 is 0 Å². The summed E-state index contributed by atoms with van der Waals surface area (Å²) in [5.74, 6) is 0. The van der Waals surface area contributed by atoms with Crippen molar-refractivity contribution in [1.29, 1.82) is 0 Å². The van der Waals surface area contributed by atoms with E-state index in [0.29, 0.717) is 19.6 Å². The molecule has 0 heterocycles. The van der Waals surface area contributed by atoms with E-state index in [2.05, 4.69) is 15.4 Å². The molecule has 0 saturated carbocycles. The minimum atomic E-state index is -0.436. The highest BCUT2D eigenvalue weighted by molar-refractivity contribution is 5.66. The molecule has 12 heavy (non-hydrogen) atoms. The molecule has 1 atom stereocenters. The van der Waals surface area contributed by atoms with Crippen LogP contribution in [0.15, 0.2) is 0 Å². The van der Waals surface area contributed by atoms with Crippen molar-refractivity contribution in [3.05, 3.63) is 0 Å². The molecule has 0 spiro atoms. The number of amides is 1. The van der Waals surface area contributed by atoms with Crippen molar-refractivity contribution in [3.63, 3.8) is 0 Å². The second kappa shape index (κ2) is 6.87.